The number of hydrogen-bond donors (Lipinski definition) is 0. The number of rotatable bonds is 11. The van der Waals surface area contributed by atoms with Crippen LogP contribution in [0.2, 0.25) is 0 Å². The normalized spacial score (nSPS) is 13.8. The van der Waals surface area contributed by atoms with Crippen molar-refractivity contribution in [2.75, 3.05) is 6.61 Å². The molecule has 0 aliphatic carbocycles. The van der Waals surface area contributed by atoms with E-state index < -0.39 is 12.1 Å². The van der Waals surface area contributed by atoms with Gasteiger partial charge in [0.2, 0.25) is 0 Å². The van der Waals surface area contributed by atoms with Crippen LogP contribution < -0.4 is 0 Å². The fraction of sp³-hybridized carbons (Fsp3) is 0.882. The molecule has 2 unspecified atom stereocenters. The predicted molar refractivity (Wildman–Crippen MR) is 83.9 cm³/mol. The van der Waals surface area contributed by atoms with Crippen LogP contribution in [0, 0.1) is 11.8 Å². The van der Waals surface area contributed by atoms with Crippen LogP contribution in [0.15, 0.2) is 0 Å². The van der Waals surface area contributed by atoms with Crippen LogP contribution in [-0.2, 0) is 19.1 Å². The Morgan fingerprint density at radius 3 is 2.14 bits per heavy atom. The fourth-order valence-corrected chi connectivity index (χ4v) is 2.28. The molecule has 0 fully saturated rings. The van der Waals surface area contributed by atoms with Crippen LogP contribution >= 0.6 is 0 Å². The second-order valence-electron chi connectivity index (χ2n) is 6.06. The van der Waals surface area contributed by atoms with E-state index in [0.29, 0.717) is 18.9 Å². The number of ether oxygens (including phenoxy) is 2. The summed E-state index contributed by atoms with van der Waals surface area (Å²) in [6, 6.07) is 0. The molecule has 0 aromatic heterocycles. The largest absolute Gasteiger partial charge is 0.463 e. The highest BCUT2D eigenvalue weighted by molar-refractivity contribution is 5.80. The molecule has 0 spiro atoms. The van der Waals surface area contributed by atoms with Gasteiger partial charge in [0.05, 0.1) is 12.5 Å². The molecule has 0 saturated heterocycles. The van der Waals surface area contributed by atoms with E-state index in [1.54, 1.807) is 6.92 Å². The molecule has 0 rings (SSSR count). The Hall–Kier alpha value is -1.06. The Morgan fingerprint density at radius 2 is 1.62 bits per heavy atom. The molecule has 0 amide bonds. The standard InChI is InChI=1S/C17H32O4/c1-6-8-9-10-11-15(17(19)20-7-2)21-16(18)14(5)12-13(3)4/h13-15H,6-12H2,1-5H3. The predicted octanol–water partition coefficient (Wildman–Crippen LogP) is 4.11. The Balaban J connectivity index is 4.43. The van der Waals surface area contributed by atoms with E-state index in [9.17, 15) is 9.59 Å². The molecule has 0 aliphatic heterocycles. The SMILES string of the molecule is CCCCCCC(OC(=O)C(C)CC(C)C)C(=O)OCC. The van der Waals surface area contributed by atoms with Crippen molar-refractivity contribution in [3.8, 4) is 0 Å². The van der Waals surface area contributed by atoms with Crippen LogP contribution in [0.1, 0.15) is 73.1 Å². The zero-order valence-corrected chi connectivity index (χ0v) is 14.3. The molecule has 4 nitrogen and oxygen atoms in total. The molecular weight excluding hydrogens is 268 g/mol. The summed E-state index contributed by atoms with van der Waals surface area (Å²) in [7, 11) is 0. The van der Waals surface area contributed by atoms with Crippen LogP contribution in [0.3, 0.4) is 0 Å². The van der Waals surface area contributed by atoms with Crippen molar-refractivity contribution in [2.45, 2.75) is 79.2 Å². The molecule has 0 aromatic rings. The Kier molecular flexibility index (Phi) is 11.0. The van der Waals surface area contributed by atoms with Gasteiger partial charge in [0, 0.05) is 0 Å². The van der Waals surface area contributed by atoms with Gasteiger partial charge in [-0.05, 0) is 32.1 Å². The molecule has 0 aliphatic rings. The van der Waals surface area contributed by atoms with Crippen LogP contribution in [0.4, 0.5) is 0 Å². The number of carbonyl (C=O) groups is 2. The number of unbranched alkanes of at least 4 members (excludes halogenated alkanes) is 3. The summed E-state index contributed by atoms with van der Waals surface area (Å²) in [5.74, 6) is -0.466. The maximum Gasteiger partial charge on any atom is 0.347 e. The van der Waals surface area contributed by atoms with Gasteiger partial charge in [-0.2, -0.15) is 0 Å². The van der Waals surface area contributed by atoms with Gasteiger partial charge in [0.15, 0.2) is 6.10 Å². The van der Waals surface area contributed by atoms with Gasteiger partial charge >= 0.3 is 11.9 Å². The zero-order valence-electron chi connectivity index (χ0n) is 14.3. The summed E-state index contributed by atoms with van der Waals surface area (Å²) in [5, 5.41) is 0. The van der Waals surface area contributed by atoms with Gasteiger partial charge in [-0.1, -0.05) is 47.0 Å². The van der Waals surface area contributed by atoms with Gasteiger partial charge in [0.1, 0.15) is 0 Å². The minimum absolute atomic E-state index is 0.183. The Bertz CT molecular complexity index is 299. The first-order valence-corrected chi connectivity index (χ1v) is 8.29. The molecule has 0 N–H and O–H groups in total. The molecule has 0 bridgehead atoms. The maximum absolute atomic E-state index is 12.1. The molecule has 2 atom stereocenters. The summed E-state index contributed by atoms with van der Waals surface area (Å²) in [4.78, 5) is 23.9. The van der Waals surface area contributed by atoms with Crippen molar-refractivity contribution in [1.29, 1.82) is 0 Å². The van der Waals surface area contributed by atoms with Crippen molar-refractivity contribution in [1.82, 2.24) is 0 Å². The summed E-state index contributed by atoms with van der Waals surface area (Å²) < 4.78 is 10.4. The lowest BCUT2D eigenvalue weighted by Crippen LogP contribution is -2.31. The van der Waals surface area contributed by atoms with E-state index in [2.05, 4.69) is 20.8 Å². The summed E-state index contributed by atoms with van der Waals surface area (Å²) in [6.07, 6.45) is 4.77. The minimum atomic E-state index is -0.746. The number of hydrogen-bond acceptors (Lipinski definition) is 4. The Morgan fingerprint density at radius 1 is 0.952 bits per heavy atom. The Labute approximate surface area is 129 Å². The zero-order chi connectivity index (χ0) is 16.3. The monoisotopic (exact) mass is 300 g/mol. The summed E-state index contributed by atoms with van der Waals surface area (Å²) in [6.45, 7) is 10.2. The first kappa shape index (κ1) is 19.9. The van der Waals surface area contributed by atoms with Crippen LogP contribution in [0.5, 0.6) is 0 Å². The second kappa shape index (κ2) is 11.6. The number of carbonyl (C=O) groups excluding carboxylic acids is 2. The third kappa shape index (κ3) is 9.48. The molecule has 4 heteroatoms. The minimum Gasteiger partial charge on any atom is -0.463 e. The lowest BCUT2D eigenvalue weighted by atomic mass is 9.99. The molecule has 0 aromatic carbocycles. The summed E-state index contributed by atoms with van der Waals surface area (Å²) in [5.41, 5.74) is 0. The topological polar surface area (TPSA) is 52.6 Å². The fourth-order valence-electron chi connectivity index (χ4n) is 2.28. The van der Waals surface area contributed by atoms with Gasteiger partial charge in [0.25, 0.3) is 0 Å². The van der Waals surface area contributed by atoms with E-state index in [-0.39, 0.29) is 11.9 Å². The van der Waals surface area contributed by atoms with E-state index in [4.69, 9.17) is 9.47 Å². The first-order chi connectivity index (χ1) is 9.92. The van der Waals surface area contributed by atoms with Crippen molar-refractivity contribution in [3.63, 3.8) is 0 Å². The van der Waals surface area contributed by atoms with E-state index in [1.165, 1.54) is 0 Å². The summed E-state index contributed by atoms with van der Waals surface area (Å²) >= 11 is 0. The average Bonchev–Trinajstić information content (AvgIpc) is 2.41. The van der Waals surface area contributed by atoms with E-state index in [0.717, 1.165) is 32.1 Å². The van der Waals surface area contributed by atoms with Crippen molar-refractivity contribution in [3.05, 3.63) is 0 Å². The molecule has 0 saturated carbocycles. The highest BCUT2D eigenvalue weighted by atomic mass is 16.6. The van der Waals surface area contributed by atoms with Gasteiger partial charge in [-0.3, -0.25) is 4.79 Å². The van der Waals surface area contributed by atoms with Gasteiger partial charge < -0.3 is 9.47 Å². The smallest absolute Gasteiger partial charge is 0.347 e. The van der Waals surface area contributed by atoms with Crippen LogP contribution in [0.25, 0.3) is 0 Å². The third-order valence-electron chi connectivity index (χ3n) is 3.36. The van der Waals surface area contributed by atoms with Crippen molar-refractivity contribution in [2.24, 2.45) is 11.8 Å². The van der Waals surface area contributed by atoms with Crippen LogP contribution in [-0.4, -0.2) is 24.6 Å². The second-order valence-corrected chi connectivity index (χ2v) is 6.06. The maximum atomic E-state index is 12.1. The molecular formula is C17H32O4. The average molecular weight is 300 g/mol. The lowest BCUT2D eigenvalue weighted by molar-refractivity contribution is -0.170. The highest BCUT2D eigenvalue weighted by Crippen LogP contribution is 2.16. The molecule has 0 heterocycles. The molecule has 124 valence electrons. The van der Waals surface area contributed by atoms with Gasteiger partial charge in [-0.15, -0.1) is 0 Å². The lowest BCUT2D eigenvalue weighted by Gasteiger charge is -2.19. The highest BCUT2D eigenvalue weighted by Gasteiger charge is 2.26. The van der Waals surface area contributed by atoms with Gasteiger partial charge in [-0.25, -0.2) is 4.79 Å². The third-order valence-corrected chi connectivity index (χ3v) is 3.36. The van der Waals surface area contributed by atoms with Crippen molar-refractivity contribution >= 4 is 11.9 Å². The molecule has 0 radical (unpaired) electrons. The quantitative estimate of drug-likeness (QED) is 0.425. The van der Waals surface area contributed by atoms with E-state index >= 15 is 0 Å². The molecule has 21 heavy (non-hydrogen) atoms. The first-order valence-electron chi connectivity index (χ1n) is 8.29. The van der Waals surface area contributed by atoms with Crippen molar-refractivity contribution < 1.29 is 19.1 Å². The number of esters is 2. The van der Waals surface area contributed by atoms with E-state index in [1.807, 2.05) is 6.92 Å².